The van der Waals surface area contributed by atoms with Crippen molar-refractivity contribution in [2.45, 2.75) is 34.1 Å². The first-order valence-electron chi connectivity index (χ1n) is 15.8. The molecule has 6 aromatic carbocycles. The molecule has 0 N–H and O–H groups in total. The van der Waals surface area contributed by atoms with Crippen molar-refractivity contribution in [1.29, 1.82) is 0 Å². The molecule has 0 unspecified atom stereocenters. The molecule has 0 bridgehead atoms. The Labute approximate surface area is 301 Å². The first-order chi connectivity index (χ1) is 22.8. The molecule has 0 amide bonds. The molecule has 0 saturated carbocycles. The van der Waals surface area contributed by atoms with E-state index in [0.717, 1.165) is 89.7 Å². The second-order valence-corrected chi connectivity index (χ2v) is 14.1. The highest BCUT2D eigenvalue weighted by Crippen LogP contribution is 2.46. The molecule has 0 aliphatic rings. The van der Waals surface area contributed by atoms with Crippen LogP contribution < -0.4 is 6.23 Å². The predicted molar refractivity (Wildman–Crippen MR) is 215 cm³/mol. The van der Waals surface area contributed by atoms with Gasteiger partial charge in [-0.2, -0.15) is 0 Å². The van der Waals surface area contributed by atoms with Crippen molar-refractivity contribution in [3.63, 3.8) is 0 Å². The number of hydrogen-bond acceptors (Lipinski definition) is 4. The van der Waals surface area contributed by atoms with Crippen LogP contribution >= 0.6 is 45.7 Å². The molecule has 0 fully saturated rings. The van der Waals surface area contributed by atoms with Crippen LogP contribution in [0.5, 0.6) is 0 Å². The van der Waals surface area contributed by atoms with E-state index in [-0.39, 0.29) is 0 Å². The van der Waals surface area contributed by atoms with Gasteiger partial charge in [0.15, 0.2) is 11.2 Å². The van der Waals surface area contributed by atoms with Crippen LogP contribution in [0, 0.1) is 20.8 Å². The van der Waals surface area contributed by atoms with Gasteiger partial charge in [0.2, 0.25) is 0 Å². The molecule has 47 heavy (non-hydrogen) atoms. The lowest BCUT2D eigenvalue weighted by molar-refractivity contribution is 0.666. The topological polar surface area (TPSA) is 32.8 Å². The fourth-order valence-electron chi connectivity index (χ4n) is 6.66. The first kappa shape index (κ1) is 30.3. The van der Waals surface area contributed by atoms with Gasteiger partial charge in [-0.05, 0) is 97.0 Å². The van der Waals surface area contributed by atoms with E-state index in [2.05, 4.69) is 189 Å². The molecule has 0 atom stereocenters. The third kappa shape index (κ3) is 4.99. The molecular weight excluding hydrogens is 806 g/mol. The van der Waals surface area contributed by atoms with Crippen molar-refractivity contribution in [3.8, 4) is 11.1 Å². The fraction of sp³-hybridized carbons (Fsp3) is 0.122. The number of benzene rings is 6. The summed E-state index contributed by atoms with van der Waals surface area (Å²) in [5, 5.41) is 4.53. The predicted octanol–water partition coefficient (Wildman–Crippen LogP) is 13.6. The van der Waals surface area contributed by atoms with Gasteiger partial charge in [-0.1, -0.05) is 79.7 Å². The van der Waals surface area contributed by atoms with Gasteiger partial charge in [0.05, 0.1) is 68.5 Å². The molecule has 0 aliphatic carbocycles. The van der Waals surface area contributed by atoms with Crippen LogP contribution in [0.1, 0.15) is 29.2 Å². The van der Waals surface area contributed by atoms with E-state index < -0.39 is 0 Å². The van der Waals surface area contributed by atoms with Crippen molar-refractivity contribution in [2.75, 3.05) is 6.23 Å². The molecule has 6 heteroatoms. The summed E-state index contributed by atoms with van der Waals surface area (Å²) in [5.41, 5.74) is 15.0. The molecule has 232 valence electrons. The first-order valence-corrected chi connectivity index (χ1v) is 17.7. The highest BCUT2D eigenvalue weighted by atomic mass is 127. The molecule has 4 nitrogen and oxygen atoms in total. The van der Waals surface area contributed by atoms with Crippen molar-refractivity contribution in [3.05, 3.63) is 131 Å². The number of anilines is 4. The zero-order valence-corrected chi connectivity index (χ0v) is 30.9. The number of nitrogens with zero attached hydrogens (tertiary/aromatic N) is 2. The van der Waals surface area contributed by atoms with Gasteiger partial charge in [-0.3, -0.25) is 6.23 Å². The Bertz CT molecular complexity index is 2480. The van der Waals surface area contributed by atoms with Gasteiger partial charge in [-0.25, -0.2) is 0 Å². The summed E-state index contributed by atoms with van der Waals surface area (Å²) in [7, 11) is 0. The van der Waals surface area contributed by atoms with E-state index in [1.807, 2.05) is 0 Å². The third-order valence-electron chi connectivity index (χ3n) is 9.26. The summed E-state index contributed by atoms with van der Waals surface area (Å²) in [6.07, 6.45) is 1.02. The molecule has 8 rings (SSSR count). The highest BCUT2D eigenvalue weighted by molar-refractivity contribution is 14.1. The summed E-state index contributed by atoms with van der Waals surface area (Å²) in [6, 6.07) is 39.1. The van der Waals surface area contributed by atoms with Gasteiger partial charge >= 0.3 is 0 Å². The SMILES string of the molecule is CCc1ccc(N(I)c2cccc3c2oc2c(C)ccc(-c4cc(N(I)c5cccc6c5oc5c(C)cccc56)ccc4C)c23)cc1. The average Bonchev–Trinajstić information content (AvgIpc) is 3.69. The minimum absolute atomic E-state index is 0.892. The van der Waals surface area contributed by atoms with Crippen LogP contribution in [0.25, 0.3) is 55.0 Å². The Morgan fingerprint density at radius 1 is 0.511 bits per heavy atom. The summed E-state index contributed by atoms with van der Waals surface area (Å²) >= 11 is 4.80. The number of furan rings is 2. The number of fused-ring (bicyclic) bond motifs is 6. The minimum Gasteiger partial charge on any atom is -0.454 e. The van der Waals surface area contributed by atoms with Gasteiger partial charge in [-0.15, -0.1) is 0 Å². The monoisotopic (exact) mass is 838 g/mol. The smallest absolute Gasteiger partial charge is 0.159 e. The van der Waals surface area contributed by atoms with Crippen LogP contribution in [0.15, 0.2) is 118 Å². The Morgan fingerprint density at radius 3 is 1.79 bits per heavy atom. The van der Waals surface area contributed by atoms with Crippen molar-refractivity contribution in [1.82, 2.24) is 0 Å². The lowest BCUT2D eigenvalue weighted by Gasteiger charge is -2.19. The minimum atomic E-state index is 0.892. The number of rotatable bonds is 6. The van der Waals surface area contributed by atoms with Crippen LogP contribution in [-0.2, 0) is 6.42 Å². The third-order valence-corrected chi connectivity index (χ3v) is 11.4. The highest BCUT2D eigenvalue weighted by Gasteiger charge is 2.22. The summed E-state index contributed by atoms with van der Waals surface area (Å²) in [4.78, 5) is 0. The molecular formula is C41H32I2N2O2. The Morgan fingerprint density at radius 2 is 1.06 bits per heavy atom. The standard InChI is InChI=1S/C41H32I2N2O2/c1-5-27-17-20-28(21-18-27)44(42)36-14-8-12-33-37-30(22-16-26(4)39(37)47-41(33)36)34-23-29(19-15-24(34)2)45(43)35-13-7-11-32-31-10-6-9-25(3)38(31)46-40(32)35/h6-23H,5H2,1-4H3. The summed E-state index contributed by atoms with van der Waals surface area (Å²) in [5.74, 6) is 0. The van der Waals surface area contributed by atoms with Crippen LogP contribution in [0.3, 0.4) is 0 Å². The molecule has 0 radical (unpaired) electrons. The van der Waals surface area contributed by atoms with Crippen LogP contribution in [0.2, 0.25) is 0 Å². The number of aryl methyl sites for hydroxylation is 4. The summed E-state index contributed by atoms with van der Waals surface area (Å²) in [6.45, 7) is 8.60. The van der Waals surface area contributed by atoms with Crippen molar-refractivity contribution < 1.29 is 8.83 Å². The Kier molecular flexibility index (Phi) is 7.68. The van der Waals surface area contributed by atoms with E-state index in [1.165, 1.54) is 16.7 Å². The maximum absolute atomic E-state index is 6.77. The molecule has 0 aliphatic heterocycles. The van der Waals surface area contributed by atoms with Crippen LogP contribution in [0.4, 0.5) is 22.7 Å². The lowest BCUT2D eigenvalue weighted by Crippen LogP contribution is -2.02. The summed E-state index contributed by atoms with van der Waals surface area (Å²) < 4.78 is 17.7. The molecule has 0 spiro atoms. The second kappa shape index (κ2) is 11.9. The average molecular weight is 839 g/mol. The van der Waals surface area contributed by atoms with Crippen LogP contribution in [-0.4, -0.2) is 0 Å². The normalized spacial score (nSPS) is 11.7. The molecule has 8 aromatic rings. The fourth-order valence-corrected chi connectivity index (χ4v) is 8.04. The van der Waals surface area contributed by atoms with E-state index in [9.17, 15) is 0 Å². The van der Waals surface area contributed by atoms with Crippen molar-refractivity contribution >= 4 is 112 Å². The Hall–Kier alpha value is -4.02. The quantitative estimate of drug-likeness (QED) is 0.123. The maximum atomic E-state index is 6.77. The van der Waals surface area contributed by atoms with E-state index >= 15 is 0 Å². The van der Waals surface area contributed by atoms with E-state index in [1.54, 1.807) is 0 Å². The zero-order chi connectivity index (χ0) is 32.4. The maximum Gasteiger partial charge on any atom is 0.159 e. The largest absolute Gasteiger partial charge is 0.454 e. The molecule has 0 saturated heterocycles. The van der Waals surface area contributed by atoms with Gasteiger partial charge < -0.3 is 8.83 Å². The zero-order valence-electron chi connectivity index (χ0n) is 26.6. The Balaban J connectivity index is 1.27. The number of hydrogen-bond donors (Lipinski definition) is 0. The molecule has 2 heterocycles. The van der Waals surface area contributed by atoms with E-state index in [4.69, 9.17) is 8.83 Å². The van der Waals surface area contributed by atoms with Gasteiger partial charge in [0.1, 0.15) is 11.2 Å². The lowest BCUT2D eigenvalue weighted by atomic mass is 9.94. The number of halogens is 2. The second-order valence-electron chi connectivity index (χ2n) is 12.2. The van der Waals surface area contributed by atoms with Gasteiger partial charge in [0.25, 0.3) is 0 Å². The number of para-hydroxylation sites is 3. The van der Waals surface area contributed by atoms with E-state index in [0.29, 0.717) is 0 Å². The van der Waals surface area contributed by atoms with Crippen molar-refractivity contribution in [2.24, 2.45) is 0 Å². The molecule has 2 aromatic heterocycles. The van der Waals surface area contributed by atoms with Gasteiger partial charge in [0, 0.05) is 21.5 Å².